The van der Waals surface area contributed by atoms with E-state index in [1.807, 2.05) is 31.2 Å². The predicted octanol–water partition coefficient (Wildman–Crippen LogP) is 4.83. The maximum Gasteiger partial charge on any atom is 0.258 e. The number of hydrogen-bond acceptors (Lipinski definition) is 4. The minimum atomic E-state index is -0.231. The van der Waals surface area contributed by atoms with E-state index in [2.05, 4.69) is 15.6 Å². The van der Waals surface area contributed by atoms with E-state index >= 15 is 0 Å². The Hall–Kier alpha value is -2.99. The molecule has 1 aliphatic carbocycles. The Kier molecular flexibility index (Phi) is 5.21. The molecule has 1 aromatic carbocycles. The first-order valence-corrected chi connectivity index (χ1v) is 10.2. The van der Waals surface area contributed by atoms with E-state index in [1.54, 1.807) is 24.5 Å². The molecular formula is C22H21N3O2S. The van der Waals surface area contributed by atoms with Gasteiger partial charge in [0.15, 0.2) is 0 Å². The Morgan fingerprint density at radius 2 is 1.64 bits per heavy atom. The first-order valence-electron chi connectivity index (χ1n) is 9.36. The third-order valence-corrected chi connectivity index (χ3v) is 6.08. The number of benzene rings is 1. The van der Waals surface area contributed by atoms with Crippen LogP contribution < -0.4 is 10.6 Å². The number of nitrogens with zero attached hydrogens (tertiary/aromatic N) is 1. The first kappa shape index (κ1) is 18.4. The molecule has 0 radical (unpaired) electrons. The van der Waals surface area contributed by atoms with Crippen LogP contribution in [0.4, 0.5) is 10.7 Å². The van der Waals surface area contributed by atoms with Gasteiger partial charge >= 0.3 is 0 Å². The van der Waals surface area contributed by atoms with Crippen molar-refractivity contribution in [1.82, 2.24) is 4.98 Å². The lowest BCUT2D eigenvalue weighted by atomic mass is 9.95. The van der Waals surface area contributed by atoms with Gasteiger partial charge in [-0.3, -0.25) is 14.6 Å². The van der Waals surface area contributed by atoms with Crippen molar-refractivity contribution in [3.8, 4) is 0 Å². The Balaban J connectivity index is 1.65. The molecule has 0 saturated carbocycles. The van der Waals surface area contributed by atoms with Crippen molar-refractivity contribution in [2.24, 2.45) is 0 Å². The van der Waals surface area contributed by atoms with Gasteiger partial charge in [-0.15, -0.1) is 11.3 Å². The van der Waals surface area contributed by atoms with Crippen LogP contribution in [0.15, 0.2) is 48.8 Å². The minimum Gasteiger partial charge on any atom is -0.322 e. The van der Waals surface area contributed by atoms with Gasteiger partial charge in [-0.25, -0.2) is 0 Å². The molecule has 0 spiro atoms. The van der Waals surface area contributed by atoms with Crippen molar-refractivity contribution in [3.63, 3.8) is 0 Å². The lowest BCUT2D eigenvalue weighted by molar-refractivity contribution is 0.102. The van der Waals surface area contributed by atoms with E-state index in [-0.39, 0.29) is 11.8 Å². The van der Waals surface area contributed by atoms with Crippen molar-refractivity contribution >= 4 is 33.8 Å². The van der Waals surface area contributed by atoms with Crippen molar-refractivity contribution in [2.45, 2.75) is 32.6 Å². The van der Waals surface area contributed by atoms with E-state index < -0.39 is 0 Å². The van der Waals surface area contributed by atoms with E-state index in [0.29, 0.717) is 16.1 Å². The largest absolute Gasteiger partial charge is 0.322 e. The summed E-state index contributed by atoms with van der Waals surface area (Å²) in [5, 5.41) is 6.56. The Morgan fingerprint density at radius 1 is 0.929 bits per heavy atom. The summed E-state index contributed by atoms with van der Waals surface area (Å²) in [5.41, 5.74) is 4.08. The summed E-state index contributed by atoms with van der Waals surface area (Å²) in [6.07, 6.45) is 7.17. The van der Waals surface area contributed by atoms with Crippen LogP contribution in [0.3, 0.4) is 0 Å². The number of aromatic nitrogens is 1. The predicted molar refractivity (Wildman–Crippen MR) is 112 cm³/mol. The average Bonchev–Trinajstić information content (AvgIpc) is 3.08. The number of nitrogens with one attached hydrogen (secondary N) is 2. The van der Waals surface area contributed by atoms with Crippen molar-refractivity contribution in [3.05, 3.63) is 75.9 Å². The number of hydrogen-bond donors (Lipinski definition) is 2. The van der Waals surface area contributed by atoms with Crippen LogP contribution in [-0.2, 0) is 12.8 Å². The molecule has 0 unspecified atom stereocenters. The molecule has 4 rings (SSSR count). The van der Waals surface area contributed by atoms with Crippen LogP contribution in [0.2, 0.25) is 0 Å². The Labute approximate surface area is 167 Å². The number of carbonyl (C=O) groups is 2. The number of thiophene rings is 1. The number of amides is 2. The van der Waals surface area contributed by atoms with Crippen molar-refractivity contribution in [1.29, 1.82) is 0 Å². The first-order chi connectivity index (χ1) is 13.6. The van der Waals surface area contributed by atoms with Crippen LogP contribution in [0.5, 0.6) is 0 Å². The van der Waals surface area contributed by atoms with Crippen molar-refractivity contribution in [2.75, 3.05) is 10.6 Å². The lowest BCUT2D eigenvalue weighted by Crippen LogP contribution is -2.18. The van der Waals surface area contributed by atoms with E-state index in [9.17, 15) is 9.59 Å². The molecule has 1 aliphatic rings. The van der Waals surface area contributed by atoms with Gasteiger partial charge < -0.3 is 10.6 Å². The molecule has 0 atom stereocenters. The number of anilines is 2. The molecule has 2 N–H and O–H groups in total. The van der Waals surface area contributed by atoms with E-state index in [1.165, 1.54) is 16.2 Å². The quantitative estimate of drug-likeness (QED) is 0.669. The molecule has 5 nitrogen and oxygen atoms in total. The average molecular weight is 391 g/mol. The van der Waals surface area contributed by atoms with Gasteiger partial charge in [-0.05, 0) is 62.4 Å². The molecule has 0 saturated heterocycles. The standard InChI is InChI=1S/C22H21N3O2S/c1-14-6-8-16(9-7-14)24-21(27)19-17-4-2-3-5-18(17)28-22(19)25-20(26)15-10-12-23-13-11-15/h6-13H,2-5H2,1H3,(H,24,27)(H,25,26). The van der Waals surface area contributed by atoms with Crippen LogP contribution in [-0.4, -0.2) is 16.8 Å². The molecule has 0 bridgehead atoms. The summed E-state index contributed by atoms with van der Waals surface area (Å²) in [6, 6.07) is 11.0. The maximum absolute atomic E-state index is 13.1. The summed E-state index contributed by atoms with van der Waals surface area (Å²) in [4.78, 5) is 30.9. The maximum atomic E-state index is 13.1. The summed E-state index contributed by atoms with van der Waals surface area (Å²) in [7, 11) is 0. The van der Waals surface area contributed by atoms with Gasteiger partial charge in [0.25, 0.3) is 11.8 Å². The second kappa shape index (κ2) is 7.94. The highest BCUT2D eigenvalue weighted by molar-refractivity contribution is 7.17. The zero-order valence-electron chi connectivity index (χ0n) is 15.6. The van der Waals surface area contributed by atoms with Crippen LogP contribution in [0, 0.1) is 6.92 Å². The van der Waals surface area contributed by atoms with Crippen LogP contribution >= 0.6 is 11.3 Å². The van der Waals surface area contributed by atoms with Gasteiger partial charge in [-0.1, -0.05) is 17.7 Å². The van der Waals surface area contributed by atoms with Gasteiger partial charge in [0.2, 0.25) is 0 Å². The molecule has 2 aromatic heterocycles. The molecule has 2 heterocycles. The minimum absolute atomic E-state index is 0.173. The highest BCUT2D eigenvalue weighted by Gasteiger charge is 2.26. The summed E-state index contributed by atoms with van der Waals surface area (Å²) >= 11 is 1.52. The fourth-order valence-corrected chi connectivity index (χ4v) is 4.69. The molecule has 0 fully saturated rings. The highest BCUT2D eigenvalue weighted by Crippen LogP contribution is 2.38. The lowest BCUT2D eigenvalue weighted by Gasteiger charge is -2.13. The number of fused-ring (bicyclic) bond motifs is 1. The Morgan fingerprint density at radius 3 is 2.39 bits per heavy atom. The van der Waals surface area contributed by atoms with Gasteiger partial charge in [0.1, 0.15) is 5.00 Å². The van der Waals surface area contributed by atoms with Gasteiger partial charge in [0.05, 0.1) is 5.56 Å². The van der Waals surface area contributed by atoms with Gasteiger partial charge in [0, 0.05) is 28.5 Å². The summed E-state index contributed by atoms with van der Waals surface area (Å²) < 4.78 is 0. The number of carbonyl (C=O) groups excluding carboxylic acids is 2. The molecule has 0 aliphatic heterocycles. The highest BCUT2D eigenvalue weighted by atomic mass is 32.1. The fraction of sp³-hybridized carbons (Fsp3) is 0.227. The second-order valence-corrected chi connectivity index (χ2v) is 8.03. The summed E-state index contributed by atoms with van der Waals surface area (Å²) in [5.74, 6) is -0.404. The zero-order valence-corrected chi connectivity index (χ0v) is 16.4. The number of pyridine rings is 1. The third kappa shape index (κ3) is 3.82. The summed E-state index contributed by atoms with van der Waals surface area (Å²) in [6.45, 7) is 2.01. The molecule has 2 amide bonds. The van der Waals surface area contributed by atoms with Gasteiger partial charge in [-0.2, -0.15) is 0 Å². The molecule has 142 valence electrons. The molecular weight excluding hydrogens is 370 g/mol. The normalized spacial score (nSPS) is 12.9. The zero-order chi connectivity index (χ0) is 19.5. The van der Waals surface area contributed by atoms with E-state index in [0.717, 1.165) is 42.5 Å². The Bertz CT molecular complexity index is 1010. The third-order valence-electron chi connectivity index (χ3n) is 4.88. The topological polar surface area (TPSA) is 71.1 Å². The van der Waals surface area contributed by atoms with Crippen molar-refractivity contribution < 1.29 is 9.59 Å². The molecule has 6 heteroatoms. The van der Waals surface area contributed by atoms with Crippen LogP contribution in [0.25, 0.3) is 0 Å². The fourth-order valence-electron chi connectivity index (χ4n) is 3.40. The van der Waals surface area contributed by atoms with E-state index in [4.69, 9.17) is 0 Å². The van der Waals surface area contributed by atoms with Crippen LogP contribution in [0.1, 0.15) is 49.6 Å². The molecule has 28 heavy (non-hydrogen) atoms. The smallest absolute Gasteiger partial charge is 0.258 e. The monoisotopic (exact) mass is 391 g/mol. The second-order valence-electron chi connectivity index (χ2n) is 6.93. The molecule has 3 aromatic rings. The number of aryl methyl sites for hydroxylation is 2. The SMILES string of the molecule is Cc1ccc(NC(=O)c2c(NC(=O)c3ccncc3)sc3c2CCCC3)cc1. The number of rotatable bonds is 4.